The average Bonchev–Trinajstić information content (AvgIpc) is 2.17. The van der Waals surface area contributed by atoms with Gasteiger partial charge < -0.3 is 0 Å². The van der Waals surface area contributed by atoms with Crippen LogP contribution in [0, 0.1) is 0 Å². The van der Waals surface area contributed by atoms with Crippen LogP contribution in [0.15, 0.2) is 29.2 Å². The maximum absolute atomic E-state index is 11.9. The minimum absolute atomic E-state index is 0.0286. The van der Waals surface area contributed by atoms with Crippen molar-refractivity contribution in [3.63, 3.8) is 0 Å². The number of benzene rings is 1. The lowest BCUT2D eigenvalue weighted by atomic mass is 10.1. The van der Waals surface area contributed by atoms with Gasteiger partial charge in [-0.25, -0.2) is 8.42 Å². The zero-order chi connectivity index (χ0) is 12.2. The Morgan fingerprint density at radius 2 is 1.88 bits per heavy atom. The molecular formula is C12H16O3S. The van der Waals surface area contributed by atoms with Crippen LogP contribution in [0.2, 0.25) is 0 Å². The fraction of sp³-hybridized carbons (Fsp3) is 0.417. The van der Waals surface area contributed by atoms with Crippen molar-refractivity contribution in [2.24, 2.45) is 0 Å². The largest absolute Gasteiger partial charge is 0.300 e. The van der Waals surface area contributed by atoms with Crippen molar-refractivity contribution >= 4 is 15.6 Å². The molecule has 0 aliphatic carbocycles. The van der Waals surface area contributed by atoms with Gasteiger partial charge in [0.25, 0.3) is 0 Å². The molecule has 4 heteroatoms. The van der Waals surface area contributed by atoms with Gasteiger partial charge in [0.05, 0.1) is 10.6 Å². The molecule has 0 radical (unpaired) electrons. The van der Waals surface area contributed by atoms with Gasteiger partial charge in [-0.2, -0.15) is 0 Å². The first-order valence-electron chi connectivity index (χ1n) is 5.27. The zero-order valence-electron chi connectivity index (χ0n) is 9.56. The molecule has 3 nitrogen and oxygen atoms in total. The fourth-order valence-corrected chi connectivity index (χ4v) is 3.18. The second-order valence-electron chi connectivity index (χ2n) is 3.81. The molecular weight excluding hydrogens is 224 g/mol. The molecule has 0 bridgehead atoms. The van der Waals surface area contributed by atoms with Gasteiger partial charge in [-0.05, 0) is 25.0 Å². The quantitative estimate of drug-likeness (QED) is 0.791. The number of hydrogen-bond acceptors (Lipinski definition) is 3. The summed E-state index contributed by atoms with van der Waals surface area (Å²) in [6.45, 7) is 3.29. The Morgan fingerprint density at radius 3 is 2.44 bits per heavy atom. The van der Waals surface area contributed by atoms with E-state index in [9.17, 15) is 13.2 Å². The van der Waals surface area contributed by atoms with E-state index in [1.807, 2.05) is 6.92 Å². The minimum Gasteiger partial charge on any atom is -0.300 e. The number of carbonyl (C=O) groups excluding carboxylic acids is 1. The third-order valence-corrected chi connectivity index (χ3v) is 4.23. The molecule has 16 heavy (non-hydrogen) atoms. The molecule has 0 N–H and O–H groups in total. The number of carbonyl (C=O) groups is 1. The Bertz CT molecular complexity index is 475. The lowest BCUT2D eigenvalue weighted by Gasteiger charge is -2.08. The summed E-state index contributed by atoms with van der Waals surface area (Å²) >= 11 is 0. The van der Waals surface area contributed by atoms with E-state index >= 15 is 0 Å². The molecule has 0 unspecified atom stereocenters. The molecule has 0 amide bonds. The first kappa shape index (κ1) is 12.9. The van der Waals surface area contributed by atoms with Crippen molar-refractivity contribution in [3.05, 3.63) is 29.8 Å². The highest BCUT2D eigenvalue weighted by molar-refractivity contribution is 7.91. The van der Waals surface area contributed by atoms with Crippen LogP contribution < -0.4 is 0 Å². The SMILES string of the molecule is CCCS(=O)(=O)c1ccccc1CC(C)=O. The first-order chi connectivity index (χ1) is 7.47. The van der Waals surface area contributed by atoms with Crippen molar-refractivity contribution in [1.29, 1.82) is 0 Å². The third-order valence-electron chi connectivity index (χ3n) is 2.22. The van der Waals surface area contributed by atoms with E-state index in [0.29, 0.717) is 16.9 Å². The van der Waals surface area contributed by atoms with E-state index in [1.54, 1.807) is 24.3 Å². The molecule has 1 rings (SSSR count). The van der Waals surface area contributed by atoms with Gasteiger partial charge in [0, 0.05) is 6.42 Å². The van der Waals surface area contributed by atoms with Gasteiger partial charge in [-0.3, -0.25) is 4.79 Å². The van der Waals surface area contributed by atoms with Gasteiger partial charge in [0.1, 0.15) is 5.78 Å². The standard InChI is InChI=1S/C12H16O3S/c1-3-8-16(14,15)12-7-5-4-6-11(12)9-10(2)13/h4-7H,3,8-9H2,1-2H3. The normalized spacial score (nSPS) is 11.4. The van der Waals surface area contributed by atoms with Crippen LogP contribution in [0.4, 0.5) is 0 Å². The molecule has 0 atom stereocenters. The molecule has 88 valence electrons. The van der Waals surface area contributed by atoms with Crippen molar-refractivity contribution in [2.45, 2.75) is 31.6 Å². The number of hydrogen-bond donors (Lipinski definition) is 0. The van der Waals surface area contributed by atoms with Gasteiger partial charge in [-0.1, -0.05) is 25.1 Å². The number of Topliss-reactive ketones (excluding diaryl/α,β-unsaturated/α-hetero) is 1. The predicted molar refractivity (Wildman–Crippen MR) is 63.2 cm³/mol. The number of sulfone groups is 1. The van der Waals surface area contributed by atoms with E-state index in [2.05, 4.69) is 0 Å². The van der Waals surface area contributed by atoms with Crippen LogP contribution in [0.3, 0.4) is 0 Å². The molecule has 0 saturated carbocycles. The highest BCUT2D eigenvalue weighted by atomic mass is 32.2. The molecule has 0 heterocycles. The molecule has 0 aromatic heterocycles. The topological polar surface area (TPSA) is 51.2 Å². The van der Waals surface area contributed by atoms with E-state index in [-0.39, 0.29) is 18.0 Å². The van der Waals surface area contributed by atoms with Crippen LogP contribution in [0.5, 0.6) is 0 Å². The Hall–Kier alpha value is -1.16. The maximum atomic E-state index is 11.9. The van der Waals surface area contributed by atoms with Gasteiger partial charge in [-0.15, -0.1) is 0 Å². The number of ketones is 1. The van der Waals surface area contributed by atoms with Crippen molar-refractivity contribution in [2.75, 3.05) is 5.75 Å². The van der Waals surface area contributed by atoms with Gasteiger partial charge in [0.15, 0.2) is 9.84 Å². The second kappa shape index (κ2) is 5.25. The van der Waals surface area contributed by atoms with Crippen LogP contribution in [0.1, 0.15) is 25.8 Å². The van der Waals surface area contributed by atoms with E-state index in [0.717, 1.165) is 0 Å². The first-order valence-corrected chi connectivity index (χ1v) is 6.92. The summed E-state index contributed by atoms with van der Waals surface area (Å²) in [4.78, 5) is 11.4. The molecule has 1 aromatic carbocycles. The minimum atomic E-state index is -3.24. The average molecular weight is 240 g/mol. The summed E-state index contributed by atoms with van der Waals surface area (Å²) in [5.41, 5.74) is 0.600. The summed E-state index contributed by atoms with van der Waals surface area (Å²) in [7, 11) is -3.24. The van der Waals surface area contributed by atoms with Crippen LogP contribution >= 0.6 is 0 Å². The van der Waals surface area contributed by atoms with Crippen molar-refractivity contribution in [1.82, 2.24) is 0 Å². The van der Waals surface area contributed by atoms with Crippen molar-refractivity contribution in [3.8, 4) is 0 Å². The molecule has 0 saturated heterocycles. The maximum Gasteiger partial charge on any atom is 0.178 e. The third kappa shape index (κ3) is 3.17. The lowest BCUT2D eigenvalue weighted by molar-refractivity contribution is -0.116. The molecule has 0 spiro atoms. The highest BCUT2D eigenvalue weighted by Crippen LogP contribution is 2.18. The Morgan fingerprint density at radius 1 is 1.25 bits per heavy atom. The molecule has 0 fully saturated rings. The Balaban J connectivity index is 3.18. The molecule has 0 aliphatic heterocycles. The smallest absolute Gasteiger partial charge is 0.178 e. The van der Waals surface area contributed by atoms with Gasteiger partial charge >= 0.3 is 0 Å². The summed E-state index contributed by atoms with van der Waals surface area (Å²) in [6.07, 6.45) is 0.760. The molecule has 0 aliphatic rings. The highest BCUT2D eigenvalue weighted by Gasteiger charge is 2.17. The Kier molecular flexibility index (Phi) is 4.24. The lowest BCUT2D eigenvalue weighted by Crippen LogP contribution is -2.10. The van der Waals surface area contributed by atoms with Gasteiger partial charge in [0.2, 0.25) is 0 Å². The van der Waals surface area contributed by atoms with E-state index in [1.165, 1.54) is 6.92 Å². The monoisotopic (exact) mass is 240 g/mol. The van der Waals surface area contributed by atoms with E-state index in [4.69, 9.17) is 0 Å². The summed E-state index contributed by atoms with van der Waals surface area (Å²) in [5, 5.41) is 0. The summed E-state index contributed by atoms with van der Waals surface area (Å²) < 4.78 is 23.8. The van der Waals surface area contributed by atoms with Crippen molar-refractivity contribution < 1.29 is 13.2 Å². The second-order valence-corrected chi connectivity index (χ2v) is 5.88. The molecule has 1 aromatic rings. The van der Waals surface area contributed by atoms with E-state index < -0.39 is 9.84 Å². The van der Waals surface area contributed by atoms with Crippen LogP contribution in [-0.4, -0.2) is 20.0 Å². The fourth-order valence-electron chi connectivity index (χ4n) is 1.60. The van der Waals surface area contributed by atoms with Crippen LogP contribution in [0.25, 0.3) is 0 Å². The van der Waals surface area contributed by atoms with Crippen LogP contribution in [-0.2, 0) is 21.1 Å². The summed E-state index contributed by atoms with van der Waals surface area (Å²) in [6, 6.07) is 6.71. The Labute approximate surface area is 96.4 Å². The zero-order valence-corrected chi connectivity index (χ0v) is 10.4. The predicted octanol–water partition coefficient (Wildman–Crippen LogP) is 2.00. The summed E-state index contributed by atoms with van der Waals surface area (Å²) in [5.74, 6) is 0.0983. The number of rotatable bonds is 5.